The monoisotopic (exact) mass is 452 g/mol. The molecule has 0 spiro atoms. The van der Waals surface area contributed by atoms with Gasteiger partial charge in [-0.1, -0.05) is 48.5 Å². The summed E-state index contributed by atoms with van der Waals surface area (Å²) < 4.78 is 14.7. The van der Waals surface area contributed by atoms with E-state index in [0.29, 0.717) is 17.1 Å². The Hall–Kier alpha value is -4.97. The van der Waals surface area contributed by atoms with E-state index in [-0.39, 0.29) is 0 Å². The van der Waals surface area contributed by atoms with Crippen molar-refractivity contribution in [1.82, 2.24) is 19.5 Å². The summed E-state index contributed by atoms with van der Waals surface area (Å²) in [4.78, 5) is 14.7. The van der Waals surface area contributed by atoms with Crippen molar-refractivity contribution in [2.75, 3.05) is 0 Å². The standard InChI is InChI=1S/C29H16N4O2/c1-4-12-20-17(9-1)24(21-13-7-8-16-30-21)32-29(31-20)33-25-18-10-2-5-14-22(18)34-27(25)28-26(33)19-11-3-6-15-23(19)35-28/h1-16H. The van der Waals surface area contributed by atoms with Crippen LogP contribution in [-0.2, 0) is 0 Å². The molecule has 0 fully saturated rings. The van der Waals surface area contributed by atoms with Gasteiger partial charge in [0.05, 0.1) is 11.2 Å². The van der Waals surface area contributed by atoms with Crippen LogP contribution < -0.4 is 0 Å². The second kappa shape index (κ2) is 6.77. The number of para-hydroxylation sites is 3. The minimum atomic E-state index is 0.544. The summed E-state index contributed by atoms with van der Waals surface area (Å²) in [6, 6.07) is 29.9. The van der Waals surface area contributed by atoms with E-state index in [4.69, 9.17) is 18.8 Å². The Labute approximate surface area is 198 Å². The van der Waals surface area contributed by atoms with Crippen LogP contribution in [0.5, 0.6) is 0 Å². The molecule has 0 atom stereocenters. The maximum atomic E-state index is 6.32. The molecular weight excluding hydrogens is 436 g/mol. The second-order valence-corrected chi connectivity index (χ2v) is 8.49. The van der Waals surface area contributed by atoms with E-state index in [1.807, 2.05) is 78.9 Å². The van der Waals surface area contributed by atoms with Crippen molar-refractivity contribution in [3.05, 3.63) is 97.2 Å². The summed E-state index contributed by atoms with van der Waals surface area (Å²) >= 11 is 0. The minimum Gasteiger partial charge on any atom is -0.450 e. The first kappa shape index (κ1) is 18.5. The van der Waals surface area contributed by atoms with Gasteiger partial charge in [0.2, 0.25) is 5.95 Å². The van der Waals surface area contributed by atoms with E-state index in [0.717, 1.165) is 55.3 Å². The zero-order valence-electron chi connectivity index (χ0n) is 18.3. The third-order valence-corrected chi connectivity index (χ3v) is 6.49. The number of rotatable bonds is 2. The number of aromatic nitrogens is 4. The zero-order chi connectivity index (χ0) is 22.9. The van der Waals surface area contributed by atoms with Crippen LogP contribution in [0.1, 0.15) is 0 Å². The Morgan fingerprint density at radius 1 is 0.571 bits per heavy atom. The highest BCUT2D eigenvalue weighted by molar-refractivity contribution is 6.20. The highest BCUT2D eigenvalue weighted by Crippen LogP contribution is 2.42. The van der Waals surface area contributed by atoms with Gasteiger partial charge in [0.1, 0.15) is 27.9 Å². The lowest BCUT2D eigenvalue weighted by Crippen LogP contribution is -2.03. The lowest BCUT2D eigenvalue weighted by molar-refractivity contribution is 0.634. The molecule has 0 aliphatic carbocycles. The minimum absolute atomic E-state index is 0.544. The summed E-state index contributed by atoms with van der Waals surface area (Å²) in [5.41, 5.74) is 7.15. The normalized spacial score (nSPS) is 12.0. The first-order chi connectivity index (χ1) is 17.4. The molecule has 8 aromatic rings. The van der Waals surface area contributed by atoms with Crippen LogP contribution >= 0.6 is 0 Å². The van der Waals surface area contributed by atoms with Gasteiger partial charge in [-0.15, -0.1) is 0 Å². The predicted molar refractivity (Wildman–Crippen MR) is 137 cm³/mol. The van der Waals surface area contributed by atoms with E-state index in [2.05, 4.69) is 21.7 Å². The zero-order valence-corrected chi connectivity index (χ0v) is 18.3. The fourth-order valence-electron chi connectivity index (χ4n) is 4.99. The van der Waals surface area contributed by atoms with Crippen molar-refractivity contribution in [1.29, 1.82) is 0 Å². The molecular formula is C29H16N4O2. The van der Waals surface area contributed by atoms with Gasteiger partial charge in [0.15, 0.2) is 11.2 Å². The first-order valence-electron chi connectivity index (χ1n) is 11.4. The van der Waals surface area contributed by atoms with Gasteiger partial charge in [-0.25, -0.2) is 9.97 Å². The van der Waals surface area contributed by atoms with Crippen LogP contribution in [0.3, 0.4) is 0 Å². The smallest absolute Gasteiger partial charge is 0.236 e. The summed E-state index contributed by atoms with van der Waals surface area (Å²) in [6.45, 7) is 0. The van der Waals surface area contributed by atoms with Crippen molar-refractivity contribution in [3.63, 3.8) is 0 Å². The number of nitrogens with zero attached hydrogens (tertiary/aromatic N) is 4. The molecule has 0 unspecified atom stereocenters. The van der Waals surface area contributed by atoms with Crippen LogP contribution in [0, 0.1) is 0 Å². The molecule has 164 valence electrons. The summed E-state index contributed by atoms with van der Waals surface area (Å²) in [7, 11) is 0. The van der Waals surface area contributed by atoms with E-state index in [9.17, 15) is 0 Å². The Morgan fingerprint density at radius 3 is 1.83 bits per heavy atom. The van der Waals surface area contributed by atoms with Crippen molar-refractivity contribution >= 4 is 55.0 Å². The van der Waals surface area contributed by atoms with Crippen molar-refractivity contribution < 1.29 is 8.83 Å². The third kappa shape index (κ3) is 2.50. The Kier molecular flexibility index (Phi) is 3.57. The van der Waals surface area contributed by atoms with Crippen LogP contribution in [0.4, 0.5) is 0 Å². The maximum Gasteiger partial charge on any atom is 0.236 e. The Balaban J connectivity index is 1.59. The lowest BCUT2D eigenvalue weighted by Gasteiger charge is -2.10. The van der Waals surface area contributed by atoms with Gasteiger partial charge < -0.3 is 8.83 Å². The van der Waals surface area contributed by atoms with Gasteiger partial charge in [0.25, 0.3) is 0 Å². The van der Waals surface area contributed by atoms with Crippen LogP contribution in [0.15, 0.2) is 106 Å². The highest BCUT2D eigenvalue weighted by atomic mass is 16.4. The summed E-state index contributed by atoms with van der Waals surface area (Å²) in [5.74, 6) is 0.544. The molecule has 0 saturated carbocycles. The molecule has 0 aliphatic heterocycles. The molecule has 3 aromatic carbocycles. The van der Waals surface area contributed by atoms with Crippen molar-refractivity contribution in [2.24, 2.45) is 0 Å². The third-order valence-electron chi connectivity index (χ3n) is 6.49. The molecule has 0 aliphatic rings. The summed E-state index contributed by atoms with van der Waals surface area (Å²) in [5, 5.41) is 2.91. The van der Waals surface area contributed by atoms with Crippen LogP contribution in [0.2, 0.25) is 0 Å². The quantitative estimate of drug-likeness (QED) is 0.276. The van der Waals surface area contributed by atoms with Gasteiger partial charge in [-0.2, -0.15) is 0 Å². The SMILES string of the molecule is c1ccc(-c2nc(-n3c4c5ccccc5oc4c4oc5ccccc5c43)nc3ccccc23)nc1. The van der Waals surface area contributed by atoms with Crippen molar-refractivity contribution in [2.45, 2.75) is 0 Å². The Morgan fingerprint density at radius 2 is 1.17 bits per heavy atom. The molecule has 6 heteroatoms. The number of hydrogen-bond acceptors (Lipinski definition) is 5. The molecule has 0 saturated heterocycles. The van der Waals surface area contributed by atoms with E-state index in [1.165, 1.54) is 0 Å². The van der Waals surface area contributed by atoms with Gasteiger partial charge >= 0.3 is 0 Å². The topological polar surface area (TPSA) is 69.9 Å². The molecule has 0 amide bonds. The molecule has 8 rings (SSSR count). The number of benzene rings is 3. The number of fused-ring (bicyclic) bond motifs is 8. The number of furan rings is 2. The predicted octanol–water partition coefficient (Wildman–Crippen LogP) is 7.28. The molecule has 0 bridgehead atoms. The molecule has 0 N–H and O–H groups in total. The van der Waals surface area contributed by atoms with Gasteiger partial charge in [-0.3, -0.25) is 9.55 Å². The maximum absolute atomic E-state index is 6.32. The Bertz CT molecular complexity index is 1980. The first-order valence-corrected chi connectivity index (χ1v) is 11.4. The molecule has 5 aromatic heterocycles. The summed E-state index contributed by atoms with van der Waals surface area (Å²) in [6.07, 6.45) is 1.78. The lowest BCUT2D eigenvalue weighted by atomic mass is 10.1. The van der Waals surface area contributed by atoms with E-state index >= 15 is 0 Å². The fraction of sp³-hybridized carbons (Fsp3) is 0. The van der Waals surface area contributed by atoms with Gasteiger partial charge in [0, 0.05) is 22.4 Å². The highest BCUT2D eigenvalue weighted by Gasteiger charge is 2.26. The fourth-order valence-corrected chi connectivity index (χ4v) is 4.99. The van der Waals surface area contributed by atoms with Crippen LogP contribution in [-0.4, -0.2) is 19.5 Å². The average Bonchev–Trinajstić information content (AvgIpc) is 3.57. The van der Waals surface area contributed by atoms with E-state index in [1.54, 1.807) is 6.20 Å². The average molecular weight is 452 g/mol. The molecule has 35 heavy (non-hydrogen) atoms. The van der Waals surface area contributed by atoms with E-state index < -0.39 is 0 Å². The number of pyridine rings is 1. The van der Waals surface area contributed by atoms with Crippen molar-refractivity contribution in [3.8, 4) is 17.3 Å². The van der Waals surface area contributed by atoms with Gasteiger partial charge in [-0.05, 0) is 42.5 Å². The van der Waals surface area contributed by atoms with Crippen LogP contribution in [0.25, 0.3) is 72.4 Å². The molecule has 0 radical (unpaired) electrons. The second-order valence-electron chi connectivity index (χ2n) is 8.49. The largest absolute Gasteiger partial charge is 0.450 e. The molecule has 6 nitrogen and oxygen atoms in total. The number of hydrogen-bond donors (Lipinski definition) is 0. The molecule has 5 heterocycles.